The van der Waals surface area contributed by atoms with E-state index in [1.54, 1.807) is 0 Å². The first kappa shape index (κ1) is 18.9. The molecule has 152 valence electrons. The summed E-state index contributed by atoms with van der Waals surface area (Å²) >= 11 is 0. The highest BCUT2D eigenvalue weighted by Gasteiger charge is 2.46. The molecule has 0 radical (unpaired) electrons. The summed E-state index contributed by atoms with van der Waals surface area (Å²) in [6, 6.07) is 24.6. The van der Waals surface area contributed by atoms with Crippen molar-refractivity contribution in [2.75, 3.05) is 26.2 Å². The van der Waals surface area contributed by atoms with Gasteiger partial charge in [0.25, 0.3) is 0 Å². The highest BCUT2D eigenvalue weighted by Crippen LogP contribution is 2.48. The van der Waals surface area contributed by atoms with Crippen LogP contribution in [0.1, 0.15) is 23.5 Å². The Labute approximate surface area is 177 Å². The zero-order valence-corrected chi connectivity index (χ0v) is 17.0. The molecular formula is C26H26N2O2. The maximum atomic E-state index is 12.9. The minimum absolute atomic E-state index is 0.116. The molecule has 3 aromatic carbocycles. The summed E-state index contributed by atoms with van der Waals surface area (Å²) in [7, 11) is 0. The molecule has 2 aliphatic rings. The first-order chi connectivity index (χ1) is 14.7. The van der Waals surface area contributed by atoms with Gasteiger partial charge in [-0.3, -0.25) is 9.59 Å². The van der Waals surface area contributed by atoms with Crippen molar-refractivity contribution in [1.29, 1.82) is 0 Å². The van der Waals surface area contributed by atoms with Gasteiger partial charge in [0.2, 0.25) is 11.8 Å². The molecule has 4 nitrogen and oxygen atoms in total. The van der Waals surface area contributed by atoms with Crippen LogP contribution in [0.2, 0.25) is 0 Å². The van der Waals surface area contributed by atoms with E-state index in [9.17, 15) is 9.59 Å². The second-order valence-corrected chi connectivity index (χ2v) is 8.38. The minimum Gasteiger partial charge on any atom is -0.339 e. The average molecular weight is 399 g/mol. The summed E-state index contributed by atoms with van der Waals surface area (Å²) in [5, 5.41) is 2.30. The van der Waals surface area contributed by atoms with E-state index >= 15 is 0 Å². The number of benzene rings is 3. The fourth-order valence-electron chi connectivity index (χ4n) is 4.67. The summed E-state index contributed by atoms with van der Waals surface area (Å²) in [5.41, 5.74) is 2.33. The van der Waals surface area contributed by atoms with Crippen LogP contribution in [0, 0.1) is 5.92 Å². The zero-order valence-electron chi connectivity index (χ0n) is 17.0. The van der Waals surface area contributed by atoms with Crippen molar-refractivity contribution in [2.24, 2.45) is 5.92 Å². The molecule has 1 heterocycles. The molecule has 0 bridgehead atoms. The number of hydrogen-bond acceptors (Lipinski definition) is 2. The van der Waals surface area contributed by atoms with Crippen molar-refractivity contribution in [1.82, 2.24) is 9.80 Å². The lowest BCUT2D eigenvalue weighted by atomic mass is 10.0. The molecule has 1 aliphatic carbocycles. The van der Waals surface area contributed by atoms with Crippen LogP contribution >= 0.6 is 0 Å². The van der Waals surface area contributed by atoms with Gasteiger partial charge < -0.3 is 9.80 Å². The molecular weight excluding hydrogens is 372 g/mol. The van der Waals surface area contributed by atoms with Crippen LogP contribution in [0.15, 0.2) is 72.8 Å². The molecule has 1 saturated heterocycles. The van der Waals surface area contributed by atoms with Crippen molar-refractivity contribution in [2.45, 2.75) is 18.8 Å². The second-order valence-electron chi connectivity index (χ2n) is 8.38. The highest BCUT2D eigenvalue weighted by molar-refractivity contribution is 5.90. The van der Waals surface area contributed by atoms with Gasteiger partial charge in [0.15, 0.2) is 0 Å². The molecule has 2 atom stereocenters. The van der Waals surface area contributed by atoms with Gasteiger partial charge in [0, 0.05) is 32.1 Å². The van der Waals surface area contributed by atoms with Crippen LogP contribution in [0.5, 0.6) is 0 Å². The Hall–Kier alpha value is -3.14. The molecule has 30 heavy (non-hydrogen) atoms. The number of amides is 2. The molecule has 3 aromatic rings. The number of fused-ring (bicyclic) bond motifs is 1. The maximum Gasteiger partial charge on any atom is 0.227 e. The third kappa shape index (κ3) is 3.70. The summed E-state index contributed by atoms with van der Waals surface area (Å²) in [4.78, 5) is 29.6. The zero-order chi connectivity index (χ0) is 20.5. The minimum atomic E-state index is 0.116. The predicted octanol–water partition coefficient (Wildman–Crippen LogP) is 3.86. The van der Waals surface area contributed by atoms with Crippen molar-refractivity contribution in [3.63, 3.8) is 0 Å². The molecule has 1 aliphatic heterocycles. The van der Waals surface area contributed by atoms with Crippen LogP contribution in [-0.4, -0.2) is 47.8 Å². The first-order valence-corrected chi connectivity index (χ1v) is 10.8. The third-order valence-electron chi connectivity index (χ3n) is 6.50. The van der Waals surface area contributed by atoms with Gasteiger partial charge in [0.05, 0.1) is 6.42 Å². The number of nitrogens with zero attached hydrogens (tertiary/aromatic N) is 2. The lowest BCUT2D eigenvalue weighted by molar-refractivity contribution is -0.140. The van der Waals surface area contributed by atoms with Crippen LogP contribution in [-0.2, 0) is 16.0 Å². The lowest BCUT2D eigenvalue weighted by Gasteiger charge is -2.35. The van der Waals surface area contributed by atoms with E-state index in [1.807, 2.05) is 52.3 Å². The smallest absolute Gasteiger partial charge is 0.227 e. The van der Waals surface area contributed by atoms with Gasteiger partial charge in [-0.2, -0.15) is 0 Å². The summed E-state index contributed by atoms with van der Waals surface area (Å²) in [5.74, 6) is 0.882. The molecule has 0 N–H and O–H groups in total. The topological polar surface area (TPSA) is 40.6 Å². The Morgan fingerprint density at radius 3 is 2.23 bits per heavy atom. The molecule has 5 rings (SSSR count). The molecule has 1 saturated carbocycles. The Balaban J connectivity index is 1.17. The van der Waals surface area contributed by atoms with Gasteiger partial charge in [-0.05, 0) is 34.2 Å². The highest BCUT2D eigenvalue weighted by atomic mass is 16.2. The largest absolute Gasteiger partial charge is 0.339 e. The predicted molar refractivity (Wildman–Crippen MR) is 118 cm³/mol. The number of piperazine rings is 1. The third-order valence-corrected chi connectivity index (χ3v) is 6.50. The number of hydrogen-bond donors (Lipinski definition) is 0. The second kappa shape index (κ2) is 7.94. The lowest BCUT2D eigenvalue weighted by Crippen LogP contribution is -2.51. The number of carbonyl (C=O) groups excluding carboxylic acids is 2. The SMILES string of the molecule is O=C(Cc1cccc2ccccc12)N1CCN(C(=O)[C@H]2C[C@H]2c2ccccc2)CC1. The fraction of sp³-hybridized carbons (Fsp3) is 0.308. The van der Waals surface area contributed by atoms with Crippen LogP contribution in [0.3, 0.4) is 0 Å². The molecule has 0 aromatic heterocycles. The summed E-state index contributed by atoms with van der Waals surface area (Å²) in [6.07, 6.45) is 1.36. The van der Waals surface area contributed by atoms with E-state index in [4.69, 9.17) is 0 Å². The molecule has 0 spiro atoms. The quantitative estimate of drug-likeness (QED) is 0.670. The molecule has 2 fully saturated rings. The van der Waals surface area contributed by atoms with Crippen molar-refractivity contribution >= 4 is 22.6 Å². The van der Waals surface area contributed by atoms with Crippen molar-refractivity contribution in [3.8, 4) is 0 Å². The molecule has 4 heteroatoms. The number of rotatable bonds is 4. The van der Waals surface area contributed by atoms with Gasteiger partial charge in [-0.1, -0.05) is 72.8 Å². The van der Waals surface area contributed by atoms with Crippen LogP contribution < -0.4 is 0 Å². The van der Waals surface area contributed by atoms with Crippen LogP contribution in [0.25, 0.3) is 10.8 Å². The summed E-state index contributed by atoms with van der Waals surface area (Å²) in [6.45, 7) is 2.52. The summed E-state index contributed by atoms with van der Waals surface area (Å²) < 4.78 is 0. The monoisotopic (exact) mass is 398 g/mol. The van der Waals surface area contributed by atoms with E-state index in [0.29, 0.717) is 38.5 Å². The van der Waals surface area contributed by atoms with E-state index in [1.165, 1.54) is 5.56 Å². The van der Waals surface area contributed by atoms with Crippen molar-refractivity contribution in [3.05, 3.63) is 83.9 Å². The van der Waals surface area contributed by atoms with E-state index in [2.05, 4.69) is 30.3 Å². The number of carbonyl (C=O) groups is 2. The van der Waals surface area contributed by atoms with Gasteiger partial charge in [0.1, 0.15) is 0 Å². The standard InChI is InChI=1S/C26H26N2O2/c29-25(17-21-11-6-10-19-9-4-5-12-22(19)21)27-13-15-28(16-14-27)26(30)24-18-23(24)20-7-2-1-3-8-20/h1-12,23-24H,13-18H2/t23-,24-/m0/s1. The first-order valence-electron chi connectivity index (χ1n) is 10.8. The van der Waals surface area contributed by atoms with Crippen molar-refractivity contribution < 1.29 is 9.59 Å². The Morgan fingerprint density at radius 2 is 1.43 bits per heavy atom. The van der Waals surface area contributed by atoms with Gasteiger partial charge in [-0.15, -0.1) is 0 Å². The maximum absolute atomic E-state index is 12.9. The molecule has 0 unspecified atom stereocenters. The Morgan fingerprint density at radius 1 is 0.767 bits per heavy atom. The van der Waals surface area contributed by atoms with Crippen LogP contribution in [0.4, 0.5) is 0 Å². The van der Waals surface area contributed by atoms with E-state index in [-0.39, 0.29) is 17.7 Å². The average Bonchev–Trinajstić information content (AvgIpc) is 3.61. The van der Waals surface area contributed by atoms with E-state index < -0.39 is 0 Å². The molecule has 2 amide bonds. The van der Waals surface area contributed by atoms with Gasteiger partial charge in [-0.25, -0.2) is 0 Å². The Kier molecular flexibility index (Phi) is 4.99. The normalized spacial score (nSPS) is 20.9. The Bertz CT molecular complexity index is 1070. The fourth-order valence-corrected chi connectivity index (χ4v) is 4.67. The van der Waals surface area contributed by atoms with E-state index in [0.717, 1.165) is 22.8 Å². The van der Waals surface area contributed by atoms with Gasteiger partial charge >= 0.3 is 0 Å².